The van der Waals surface area contributed by atoms with Crippen LogP contribution >= 0.6 is 11.6 Å². The van der Waals surface area contributed by atoms with Crippen molar-refractivity contribution in [3.63, 3.8) is 0 Å². The molecule has 0 radical (unpaired) electrons. The summed E-state index contributed by atoms with van der Waals surface area (Å²) in [4.78, 5) is 12.5. The highest BCUT2D eigenvalue weighted by molar-refractivity contribution is 7.85. The number of rotatable bonds is 4. The third kappa shape index (κ3) is 4.31. The van der Waals surface area contributed by atoms with Gasteiger partial charge in [-0.25, -0.2) is 4.98 Å². The molecule has 2 saturated heterocycles. The molecule has 0 spiro atoms. The molecule has 2 aromatic rings. The number of fused-ring (bicyclic) bond motifs is 1. The van der Waals surface area contributed by atoms with Crippen LogP contribution in [0.25, 0.3) is 0 Å². The van der Waals surface area contributed by atoms with E-state index in [0.29, 0.717) is 54.9 Å². The minimum Gasteiger partial charge on any atom is -0.385 e. The van der Waals surface area contributed by atoms with Gasteiger partial charge >= 0.3 is 0 Å². The lowest BCUT2D eigenvalue weighted by atomic mass is 9.84. The molecule has 166 valence electrons. The Kier molecular flexibility index (Phi) is 5.90. The van der Waals surface area contributed by atoms with E-state index in [9.17, 15) is 9.32 Å². The van der Waals surface area contributed by atoms with Gasteiger partial charge in [0, 0.05) is 49.5 Å². The van der Waals surface area contributed by atoms with E-state index in [1.165, 1.54) is 0 Å². The zero-order valence-electron chi connectivity index (χ0n) is 17.3. The molecule has 1 aromatic carbocycles. The van der Waals surface area contributed by atoms with Crippen molar-refractivity contribution < 1.29 is 14.1 Å². The fraction of sp³-hybridized carbons (Fsp3) is 0.545. The van der Waals surface area contributed by atoms with Gasteiger partial charge in [-0.2, -0.15) is 4.98 Å². The molecule has 0 amide bonds. The van der Waals surface area contributed by atoms with Crippen LogP contribution in [0.4, 0.5) is 11.8 Å². The molecule has 0 bridgehead atoms. The van der Waals surface area contributed by atoms with Crippen molar-refractivity contribution in [2.24, 2.45) is 0 Å². The number of hydrogen-bond donors (Lipinski definition) is 2. The second-order valence-corrected chi connectivity index (χ2v) is 10.5. The molecule has 2 fully saturated rings. The molecule has 9 heteroatoms. The van der Waals surface area contributed by atoms with Crippen LogP contribution in [-0.4, -0.2) is 57.4 Å². The molecule has 3 aliphatic rings. The van der Waals surface area contributed by atoms with Gasteiger partial charge in [0.25, 0.3) is 0 Å². The van der Waals surface area contributed by atoms with Gasteiger partial charge in [0.05, 0.1) is 22.1 Å². The number of benzene rings is 1. The van der Waals surface area contributed by atoms with Crippen molar-refractivity contribution in [3.05, 3.63) is 40.5 Å². The fourth-order valence-corrected chi connectivity index (χ4v) is 6.11. The van der Waals surface area contributed by atoms with Gasteiger partial charge < -0.3 is 20.1 Å². The Hall–Kier alpha value is -1.74. The second kappa shape index (κ2) is 8.65. The Balaban J connectivity index is 1.37. The first-order chi connectivity index (χ1) is 15.0. The number of aromatic nitrogens is 2. The Morgan fingerprint density at radius 3 is 2.74 bits per heavy atom. The Morgan fingerprint density at radius 2 is 2.00 bits per heavy atom. The molecule has 1 atom stereocenters. The van der Waals surface area contributed by atoms with Gasteiger partial charge in [-0.15, -0.1) is 0 Å². The quantitative estimate of drug-likeness (QED) is 0.722. The zero-order valence-corrected chi connectivity index (χ0v) is 18.9. The Labute approximate surface area is 189 Å². The third-order valence-electron chi connectivity index (χ3n) is 6.47. The molecule has 4 heterocycles. The van der Waals surface area contributed by atoms with Crippen LogP contribution in [0.15, 0.2) is 29.2 Å². The highest BCUT2D eigenvalue weighted by atomic mass is 35.5. The van der Waals surface area contributed by atoms with Crippen LogP contribution in [0.2, 0.25) is 5.02 Å². The summed E-state index contributed by atoms with van der Waals surface area (Å²) in [7, 11) is -1.06. The lowest BCUT2D eigenvalue weighted by Gasteiger charge is -2.38. The van der Waals surface area contributed by atoms with E-state index in [-0.39, 0.29) is 6.04 Å². The largest absolute Gasteiger partial charge is 0.385 e. The van der Waals surface area contributed by atoms with Crippen molar-refractivity contribution in [3.8, 4) is 0 Å². The number of ether oxygens (including phenoxy) is 1. The molecule has 1 unspecified atom stereocenters. The predicted octanol–water partition coefficient (Wildman–Crippen LogP) is 2.87. The first kappa shape index (κ1) is 21.1. The van der Waals surface area contributed by atoms with Gasteiger partial charge in [0.15, 0.2) is 0 Å². The lowest BCUT2D eigenvalue weighted by Crippen LogP contribution is -2.43. The van der Waals surface area contributed by atoms with Crippen molar-refractivity contribution in [1.82, 2.24) is 9.97 Å². The molecule has 0 saturated carbocycles. The summed E-state index contributed by atoms with van der Waals surface area (Å²) < 4.78 is 18.1. The maximum Gasteiger partial charge on any atom is 0.227 e. The monoisotopic (exact) mass is 462 g/mol. The summed E-state index contributed by atoms with van der Waals surface area (Å²) in [6.07, 6.45) is 3.68. The second-order valence-electron chi connectivity index (χ2n) is 8.51. The summed E-state index contributed by atoms with van der Waals surface area (Å²) in [6, 6.07) is 7.73. The highest BCUT2D eigenvalue weighted by Gasteiger charge is 2.36. The smallest absolute Gasteiger partial charge is 0.227 e. The molecule has 2 N–H and O–H groups in total. The van der Waals surface area contributed by atoms with Gasteiger partial charge in [-0.3, -0.25) is 4.21 Å². The van der Waals surface area contributed by atoms with Crippen molar-refractivity contribution in [2.75, 3.05) is 42.3 Å². The van der Waals surface area contributed by atoms with Crippen LogP contribution in [0.3, 0.4) is 0 Å². The van der Waals surface area contributed by atoms with E-state index in [2.05, 4.69) is 10.2 Å². The van der Waals surface area contributed by atoms with E-state index < -0.39 is 16.4 Å². The average molecular weight is 463 g/mol. The molecular weight excluding hydrogens is 436 g/mol. The molecule has 1 aromatic heterocycles. The predicted molar refractivity (Wildman–Crippen MR) is 121 cm³/mol. The fourth-order valence-electron chi connectivity index (χ4n) is 4.60. The summed E-state index contributed by atoms with van der Waals surface area (Å²) in [5.41, 5.74) is 0.836. The molecule has 3 aliphatic heterocycles. The molecular formula is C22H27ClN4O3S. The maximum atomic E-state index is 12.6. The Bertz CT molecular complexity index is 991. The topological polar surface area (TPSA) is 87.6 Å². The van der Waals surface area contributed by atoms with E-state index in [0.717, 1.165) is 42.2 Å². The van der Waals surface area contributed by atoms with Crippen molar-refractivity contribution in [1.29, 1.82) is 0 Å². The lowest BCUT2D eigenvalue weighted by molar-refractivity contribution is 0.0115. The number of anilines is 2. The Morgan fingerprint density at radius 1 is 1.23 bits per heavy atom. The van der Waals surface area contributed by atoms with E-state index in [1.807, 2.05) is 24.3 Å². The van der Waals surface area contributed by atoms with E-state index >= 15 is 0 Å². The van der Waals surface area contributed by atoms with Gasteiger partial charge in [0.1, 0.15) is 10.7 Å². The van der Waals surface area contributed by atoms with Crippen LogP contribution in [0, 0.1) is 0 Å². The number of hydrogen-bond acceptors (Lipinski definition) is 7. The minimum atomic E-state index is -1.06. The normalized spacial score (nSPS) is 23.5. The van der Waals surface area contributed by atoms with Crippen molar-refractivity contribution in [2.45, 2.75) is 48.6 Å². The molecule has 31 heavy (non-hydrogen) atoms. The van der Waals surface area contributed by atoms with Crippen LogP contribution < -0.4 is 10.2 Å². The third-order valence-corrected chi connectivity index (χ3v) is 8.17. The number of piperidine rings is 1. The van der Waals surface area contributed by atoms with Crippen LogP contribution in [-0.2, 0) is 27.6 Å². The summed E-state index contributed by atoms with van der Waals surface area (Å²) >= 11 is 6.13. The molecule has 5 rings (SSSR count). The maximum absolute atomic E-state index is 12.6. The number of nitrogens with one attached hydrogen (secondary N) is 1. The van der Waals surface area contributed by atoms with Crippen LogP contribution in [0.1, 0.15) is 36.9 Å². The van der Waals surface area contributed by atoms with Gasteiger partial charge in [0.2, 0.25) is 5.95 Å². The highest BCUT2D eigenvalue weighted by Crippen LogP contribution is 2.36. The van der Waals surface area contributed by atoms with Crippen molar-refractivity contribution >= 4 is 34.2 Å². The SMILES string of the molecule is O=S1CCc2nc(N3CCC(O)(c4cccc(Cl)c4)CC3)nc(NC3CCOCC3)c21. The summed E-state index contributed by atoms with van der Waals surface area (Å²) in [6.45, 7) is 2.74. The average Bonchev–Trinajstić information content (AvgIpc) is 3.16. The zero-order chi connectivity index (χ0) is 21.4. The first-order valence-electron chi connectivity index (χ1n) is 10.9. The van der Waals surface area contributed by atoms with E-state index in [4.69, 9.17) is 26.3 Å². The first-order valence-corrected chi connectivity index (χ1v) is 12.6. The molecule has 0 aliphatic carbocycles. The number of halogens is 1. The van der Waals surface area contributed by atoms with E-state index in [1.54, 1.807) is 0 Å². The number of aryl methyl sites for hydroxylation is 1. The summed E-state index contributed by atoms with van der Waals surface area (Å²) in [5, 5.41) is 15.4. The van der Waals surface area contributed by atoms with Gasteiger partial charge in [-0.1, -0.05) is 23.7 Å². The minimum absolute atomic E-state index is 0.271. The van der Waals surface area contributed by atoms with Crippen LogP contribution in [0.5, 0.6) is 0 Å². The number of nitrogens with zero attached hydrogens (tertiary/aromatic N) is 3. The standard InChI is InChI=1S/C22H27ClN4O3S/c23-16-3-1-2-15(14-16)22(28)7-9-27(10-8-22)21-25-18-6-13-31(29)19(18)20(26-21)24-17-4-11-30-12-5-17/h1-3,14,17,28H,4-13H2,(H,24,25,26). The molecule has 7 nitrogen and oxygen atoms in total. The summed E-state index contributed by atoms with van der Waals surface area (Å²) in [5.74, 6) is 1.96. The van der Waals surface area contributed by atoms with Gasteiger partial charge in [-0.05, 0) is 43.4 Å². The number of aliphatic hydroxyl groups is 1.